The Kier molecular flexibility index (Phi) is 1.92. The van der Waals surface area contributed by atoms with Crippen LogP contribution in [0.1, 0.15) is 10.4 Å². The number of benzene rings is 1. The van der Waals surface area contributed by atoms with Crippen LogP contribution in [-0.4, -0.2) is 16.1 Å². The zero-order chi connectivity index (χ0) is 9.42. The normalized spacial score (nSPS) is 10.6. The molecule has 4 heteroatoms. The number of aldehydes is 1. The Balaban J connectivity index is 2.79. The molecule has 66 valence electrons. The smallest absolute Gasteiger partial charge is 0.151 e. The lowest BCUT2D eigenvalue weighted by atomic mass is 10.2. The molecule has 0 aliphatic heterocycles. The second kappa shape index (κ2) is 2.96. The second-order valence-corrected chi connectivity index (χ2v) is 3.71. The fourth-order valence-electron chi connectivity index (χ4n) is 1.27. The summed E-state index contributed by atoms with van der Waals surface area (Å²) in [6, 6.07) is 3.67. The summed E-state index contributed by atoms with van der Waals surface area (Å²) in [5.41, 5.74) is 1.47. The van der Waals surface area contributed by atoms with Crippen molar-refractivity contribution in [2.24, 2.45) is 7.05 Å². The molecule has 0 radical (unpaired) electrons. The largest absolute Gasteiger partial charge is 0.298 e. The molecule has 2 aromatic rings. The third-order valence-electron chi connectivity index (χ3n) is 1.86. The third-order valence-corrected chi connectivity index (χ3v) is 2.55. The first-order valence-electron chi connectivity index (χ1n) is 3.79. The van der Waals surface area contributed by atoms with Crippen molar-refractivity contribution in [3.63, 3.8) is 0 Å². The zero-order valence-corrected chi connectivity index (χ0v) is 8.58. The standard InChI is InChI=1S/C9H7BrN2O/c1-12-4-6-2-8(10)7(5-13)3-9(6)11-12/h2-5H,1H3. The van der Waals surface area contributed by atoms with Gasteiger partial charge in [-0.1, -0.05) is 15.9 Å². The van der Waals surface area contributed by atoms with Crippen LogP contribution >= 0.6 is 15.9 Å². The second-order valence-electron chi connectivity index (χ2n) is 2.85. The number of aryl methyl sites for hydroxylation is 1. The molecule has 13 heavy (non-hydrogen) atoms. The third kappa shape index (κ3) is 1.37. The molecule has 0 spiro atoms. The van der Waals surface area contributed by atoms with Crippen LogP contribution in [0.4, 0.5) is 0 Å². The van der Waals surface area contributed by atoms with Crippen molar-refractivity contribution in [2.75, 3.05) is 0 Å². The molecule has 0 saturated carbocycles. The lowest BCUT2D eigenvalue weighted by molar-refractivity contribution is 0.112. The maximum atomic E-state index is 10.6. The predicted molar refractivity (Wildman–Crippen MR) is 53.8 cm³/mol. The van der Waals surface area contributed by atoms with E-state index in [9.17, 15) is 4.79 Å². The van der Waals surface area contributed by atoms with E-state index in [0.717, 1.165) is 21.7 Å². The van der Waals surface area contributed by atoms with E-state index in [1.54, 1.807) is 10.7 Å². The average molecular weight is 239 g/mol. The van der Waals surface area contributed by atoms with Gasteiger partial charge in [0.25, 0.3) is 0 Å². The number of nitrogens with zero attached hydrogens (tertiary/aromatic N) is 2. The first kappa shape index (κ1) is 8.44. The molecule has 2 rings (SSSR count). The number of carbonyl (C=O) groups excluding carboxylic acids is 1. The molecule has 0 bridgehead atoms. The molecular formula is C9H7BrN2O. The average Bonchev–Trinajstić information content (AvgIpc) is 2.42. The van der Waals surface area contributed by atoms with Crippen molar-refractivity contribution < 1.29 is 4.79 Å². The van der Waals surface area contributed by atoms with Gasteiger partial charge in [-0.15, -0.1) is 0 Å². The van der Waals surface area contributed by atoms with Gasteiger partial charge in [0.1, 0.15) is 0 Å². The number of halogens is 1. The van der Waals surface area contributed by atoms with Crippen LogP contribution in [0.25, 0.3) is 10.9 Å². The number of hydrogen-bond acceptors (Lipinski definition) is 2. The van der Waals surface area contributed by atoms with Crippen molar-refractivity contribution >= 4 is 33.1 Å². The highest BCUT2D eigenvalue weighted by molar-refractivity contribution is 9.10. The minimum absolute atomic E-state index is 0.631. The van der Waals surface area contributed by atoms with Gasteiger partial charge in [0, 0.05) is 28.7 Å². The summed E-state index contributed by atoms with van der Waals surface area (Å²) in [5, 5.41) is 5.23. The van der Waals surface area contributed by atoms with Crippen LogP contribution in [0.3, 0.4) is 0 Å². The molecule has 0 aliphatic carbocycles. The summed E-state index contributed by atoms with van der Waals surface area (Å²) in [6.45, 7) is 0. The minimum Gasteiger partial charge on any atom is -0.298 e. The Labute approximate surface area is 83.5 Å². The van der Waals surface area contributed by atoms with E-state index in [0.29, 0.717) is 5.56 Å². The van der Waals surface area contributed by atoms with Crippen LogP contribution in [-0.2, 0) is 7.05 Å². The van der Waals surface area contributed by atoms with E-state index < -0.39 is 0 Å². The Hall–Kier alpha value is -1.16. The van der Waals surface area contributed by atoms with Crippen molar-refractivity contribution in [2.45, 2.75) is 0 Å². The molecular weight excluding hydrogens is 232 g/mol. The molecule has 0 fully saturated rings. The van der Waals surface area contributed by atoms with Gasteiger partial charge in [0.2, 0.25) is 0 Å². The minimum atomic E-state index is 0.631. The monoisotopic (exact) mass is 238 g/mol. The predicted octanol–water partition coefficient (Wildman–Crippen LogP) is 2.15. The molecule has 0 atom stereocenters. The van der Waals surface area contributed by atoms with Crippen molar-refractivity contribution in [3.8, 4) is 0 Å². The highest BCUT2D eigenvalue weighted by Gasteiger charge is 2.03. The lowest BCUT2D eigenvalue weighted by Gasteiger charge is -1.94. The fourth-order valence-corrected chi connectivity index (χ4v) is 1.73. The molecule has 1 aromatic carbocycles. The van der Waals surface area contributed by atoms with E-state index in [2.05, 4.69) is 21.0 Å². The van der Waals surface area contributed by atoms with Gasteiger partial charge in [-0.3, -0.25) is 9.48 Å². The van der Waals surface area contributed by atoms with E-state index >= 15 is 0 Å². The van der Waals surface area contributed by atoms with Gasteiger partial charge >= 0.3 is 0 Å². The molecule has 0 N–H and O–H groups in total. The number of aromatic nitrogens is 2. The van der Waals surface area contributed by atoms with E-state index in [1.165, 1.54) is 0 Å². The number of carbonyl (C=O) groups is 1. The Morgan fingerprint density at radius 3 is 3.00 bits per heavy atom. The van der Waals surface area contributed by atoms with E-state index in [-0.39, 0.29) is 0 Å². The summed E-state index contributed by atoms with van der Waals surface area (Å²) >= 11 is 3.32. The number of hydrogen-bond donors (Lipinski definition) is 0. The van der Waals surface area contributed by atoms with Gasteiger partial charge < -0.3 is 0 Å². The lowest BCUT2D eigenvalue weighted by Crippen LogP contribution is -1.85. The van der Waals surface area contributed by atoms with Gasteiger partial charge in [-0.2, -0.15) is 5.10 Å². The summed E-state index contributed by atoms with van der Waals surface area (Å²) in [7, 11) is 1.86. The maximum absolute atomic E-state index is 10.6. The Morgan fingerprint density at radius 2 is 2.31 bits per heavy atom. The molecule has 1 heterocycles. The highest BCUT2D eigenvalue weighted by atomic mass is 79.9. The quantitative estimate of drug-likeness (QED) is 0.714. The first-order chi connectivity index (χ1) is 6.20. The maximum Gasteiger partial charge on any atom is 0.151 e. The van der Waals surface area contributed by atoms with Crippen molar-refractivity contribution in [1.82, 2.24) is 9.78 Å². The van der Waals surface area contributed by atoms with Crippen molar-refractivity contribution in [1.29, 1.82) is 0 Å². The molecule has 0 saturated heterocycles. The summed E-state index contributed by atoms with van der Waals surface area (Å²) in [4.78, 5) is 10.6. The summed E-state index contributed by atoms with van der Waals surface area (Å²) in [5.74, 6) is 0. The zero-order valence-electron chi connectivity index (χ0n) is 6.99. The SMILES string of the molecule is Cn1cc2cc(Br)c(C=O)cc2n1. The van der Waals surface area contributed by atoms with Gasteiger partial charge in [-0.25, -0.2) is 0 Å². The van der Waals surface area contributed by atoms with Crippen LogP contribution in [0.5, 0.6) is 0 Å². The van der Waals surface area contributed by atoms with Gasteiger partial charge in [-0.05, 0) is 12.1 Å². The number of rotatable bonds is 1. The Morgan fingerprint density at radius 1 is 1.54 bits per heavy atom. The molecule has 0 unspecified atom stereocenters. The van der Waals surface area contributed by atoms with Gasteiger partial charge in [0.15, 0.2) is 6.29 Å². The van der Waals surface area contributed by atoms with Crippen molar-refractivity contribution in [3.05, 3.63) is 28.4 Å². The van der Waals surface area contributed by atoms with E-state index in [1.807, 2.05) is 19.3 Å². The molecule has 0 aliphatic rings. The highest BCUT2D eigenvalue weighted by Crippen LogP contribution is 2.22. The molecule has 3 nitrogen and oxygen atoms in total. The van der Waals surface area contributed by atoms with Crippen LogP contribution in [0, 0.1) is 0 Å². The summed E-state index contributed by atoms with van der Waals surface area (Å²) in [6.07, 6.45) is 2.73. The number of fused-ring (bicyclic) bond motifs is 1. The molecule has 1 aromatic heterocycles. The topological polar surface area (TPSA) is 34.9 Å². The van der Waals surface area contributed by atoms with E-state index in [4.69, 9.17) is 0 Å². The summed E-state index contributed by atoms with van der Waals surface area (Å²) < 4.78 is 2.54. The molecule has 0 amide bonds. The first-order valence-corrected chi connectivity index (χ1v) is 4.58. The fraction of sp³-hybridized carbons (Fsp3) is 0.111. The van der Waals surface area contributed by atoms with Crippen LogP contribution in [0.2, 0.25) is 0 Å². The van der Waals surface area contributed by atoms with Crippen LogP contribution < -0.4 is 0 Å². The Bertz CT molecular complexity index is 476. The van der Waals surface area contributed by atoms with Crippen LogP contribution in [0.15, 0.2) is 22.8 Å². The van der Waals surface area contributed by atoms with Gasteiger partial charge in [0.05, 0.1) is 5.52 Å².